The Morgan fingerprint density at radius 1 is 1.00 bits per heavy atom. The Balaban J connectivity index is 1.31. The first kappa shape index (κ1) is 17.5. The molecule has 0 aliphatic carbocycles. The molecule has 27 heavy (non-hydrogen) atoms. The molecule has 2 N–H and O–H groups in total. The second-order valence-corrected chi connectivity index (χ2v) is 7.08. The van der Waals surface area contributed by atoms with Crippen LogP contribution in [0.2, 0.25) is 0 Å². The maximum atomic E-state index is 12.6. The van der Waals surface area contributed by atoms with Crippen molar-refractivity contribution in [1.82, 2.24) is 5.01 Å². The van der Waals surface area contributed by atoms with Gasteiger partial charge in [0.25, 0.3) is 5.91 Å². The molecule has 1 amide bonds. The van der Waals surface area contributed by atoms with Crippen LogP contribution in [0.5, 0.6) is 5.75 Å². The molecule has 140 valence electrons. The highest BCUT2D eigenvalue weighted by atomic mass is 16.3. The van der Waals surface area contributed by atoms with Gasteiger partial charge in [0.1, 0.15) is 5.75 Å². The van der Waals surface area contributed by atoms with Gasteiger partial charge in [-0.05, 0) is 17.7 Å². The molecule has 2 aliphatic rings. The van der Waals surface area contributed by atoms with Gasteiger partial charge in [-0.1, -0.05) is 42.5 Å². The SMILES string of the molecule is O=C(C[NH+]1CCN(c2ccccc2O)CC1)N1CCC(c2ccccc2)=N1. The largest absolute Gasteiger partial charge is 0.506 e. The minimum atomic E-state index is 0.0898. The quantitative estimate of drug-likeness (QED) is 0.840. The van der Waals surface area contributed by atoms with Gasteiger partial charge in [0.2, 0.25) is 0 Å². The molecule has 0 radical (unpaired) electrons. The Hall–Kier alpha value is -2.86. The third kappa shape index (κ3) is 3.95. The van der Waals surface area contributed by atoms with E-state index in [0.29, 0.717) is 18.8 Å². The Kier molecular flexibility index (Phi) is 5.07. The first-order chi connectivity index (χ1) is 13.2. The number of phenolic OH excluding ortho intramolecular Hbond substituents is 1. The summed E-state index contributed by atoms with van der Waals surface area (Å²) in [6.45, 7) is 4.56. The lowest BCUT2D eigenvalue weighted by Crippen LogP contribution is -3.15. The number of quaternary nitrogens is 1. The van der Waals surface area contributed by atoms with Crippen LogP contribution >= 0.6 is 0 Å². The fourth-order valence-electron chi connectivity index (χ4n) is 3.75. The lowest BCUT2D eigenvalue weighted by molar-refractivity contribution is -0.892. The number of hydrazone groups is 1. The summed E-state index contributed by atoms with van der Waals surface area (Å²) >= 11 is 0. The summed E-state index contributed by atoms with van der Waals surface area (Å²) in [5.74, 6) is 0.406. The average Bonchev–Trinajstić information content (AvgIpc) is 3.20. The number of piperazine rings is 1. The van der Waals surface area contributed by atoms with Gasteiger partial charge in [0.15, 0.2) is 6.54 Å². The molecule has 0 saturated carbocycles. The Labute approximate surface area is 159 Å². The number of anilines is 1. The summed E-state index contributed by atoms with van der Waals surface area (Å²) < 4.78 is 0. The van der Waals surface area contributed by atoms with Gasteiger partial charge in [-0.25, -0.2) is 5.01 Å². The molecule has 0 unspecified atom stereocenters. The standard InChI is InChI=1S/C21H24N4O2/c26-20-9-5-4-8-19(20)24-14-12-23(13-15-24)16-21(27)25-11-10-18(22-25)17-6-2-1-3-7-17/h1-9,26H,10-16H2/p+1. The predicted molar refractivity (Wildman–Crippen MR) is 105 cm³/mol. The van der Waals surface area contributed by atoms with Crippen LogP contribution < -0.4 is 9.80 Å². The minimum absolute atomic E-state index is 0.0898. The highest BCUT2D eigenvalue weighted by Crippen LogP contribution is 2.26. The van der Waals surface area contributed by atoms with E-state index in [4.69, 9.17) is 0 Å². The summed E-state index contributed by atoms with van der Waals surface area (Å²) in [6.07, 6.45) is 0.812. The number of para-hydroxylation sites is 2. The van der Waals surface area contributed by atoms with E-state index in [-0.39, 0.29) is 5.91 Å². The number of phenols is 1. The van der Waals surface area contributed by atoms with Gasteiger partial charge < -0.3 is 14.9 Å². The lowest BCUT2D eigenvalue weighted by atomic mass is 10.1. The maximum Gasteiger partial charge on any atom is 0.297 e. The van der Waals surface area contributed by atoms with Crippen molar-refractivity contribution < 1.29 is 14.8 Å². The van der Waals surface area contributed by atoms with Gasteiger partial charge >= 0.3 is 0 Å². The smallest absolute Gasteiger partial charge is 0.297 e. The van der Waals surface area contributed by atoms with Crippen LogP contribution in [0.15, 0.2) is 59.7 Å². The van der Waals surface area contributed by atoms with Crippen LogP contribution in [0.4, 0.5) is 5.69 Å². The summed E-state index contributed by atoms with van der Waals surface area (Å²) in [7, 11) is 0. The molecule has 4 rings (SSSR count). The zero-order valence-electron chi connectivity index (χ0n) is 15.3. The van der Waals surface area contributed by atoms with E-state index in [0.717, 1.165) is 49.6 Å². The van der Waals surface area contributed by atoms with Crippen molar-refractivity contribution in [2.45, 2.75) is 6.42 Å². The Morgan fingerprint density at radius 3 is 2.44 bits per heavy atom. The third-order valence-electron chi connectivity index (χ3n) is 5.29. The number of hydrogen-bond donors (Lipinski definition) is 2. The van der Waals surface area contributed by atoms with E-state index in [1.54, 1.807) is 11.1 Å². The van der Waals surface area contributed by atoms with E-state index in [9.17, 15) is 9.90 Å². The number of benzene rings is 2. The molecule has 2 aliphatic heterocycles. The van der Waals surface area contributed by atoms with E-state index in [1.807, 2.05) is 48.5 Å². The molecule has 6 heteroatoms. The van der Waals surface area contributed by atoms with E-state index in [2.05, 4.69) is 10.0 Å². The second kappa shape index (κ2) is 7.80. The van der Waals surface area contributed by atoms with E-state index < -0.39 is 0 Å². The van der Waals surface area contributed by atoms with Crippen molar-refractivity contribution in [3.05, 3.63) is 60.2 Å². The monoisotopic (exact) mass is 365 g/mol. The summed E-state index contributed by atoms with van der Waals surface area (Å²) in [5, 5.41) is 16.2. The summed E-state index contributed by atoms with van der Waals surface area (Å²) in [4.78, 5) is 16.1. The molecule has 0 atom stereocenters. The molecular weight excluding hydrogens is 340 g/mol. The van der Waals surface area contributed by atoms with Crippen molar-refractivity contribution in [3.8, 4) is 5.75 Å². The van der Waals surface area contributed by atoms with Gasteiger partial charge in [0, 0.05) is 6.42 Å². The fourth-order valence-corrected chi connectivity index (χ4v) is 3.75. The number of amides is 1. The molecule has 6 nitrogen and oxygen atoms in total. The molecule has 2 aromatic carbocycles. The second-order valence-electron chi connectivity index (χ2n) is 7.08. The van der Waals surface area contributed by atoms with Crippen LogP contribution in [-0.4, -0.2) is 61.0 Å². The number of carbonyl (C=O) groups is 1. The van der Waals surface area contributed by atoms with Crippen LogP contribution in [0.25, 0.3) is 0 Å². The molecule has 0 bridgehead atoms. The summed E-state index contributed by atoms with van der Waals surface area (Å²) in [6, 6.07) is 17.5. The zero-order valence-corrected chi connectivity index (χ0v) is 15.3. The minimum Gasteiger partial charge on any atom is -0.506 e. The summed E-state index contributed by atoms with van der Waals surface area (Å²) in [5.41, 5.74) is 2.96. The highest BCUT2D eigenvalue weighted by Gasteiger charge is 2.28. The number of rotatable bonds is 4. The number of nitrogens with zero attached hydrogens (tertiary/aromatic N) is 3. The van der Waals surface area contributed by atoms with Crippen molar-refractivity contribution in [2.75, 3.05) is 44.2 Å². The maximum absolute atomic E-state index is 12.6. The van der Waals surface area contributed by atoms with Gasteiger partial charge in [-0.2, -0.15) is 5.10 Å². The Morgan fingerprint density at radius 2 is 1.70 bits per heavy atom. The number of aromatic hydroxyl groups is 1. The predicted octanol–water partition coefficient (Wildman–Crippen LogP) is 0.734. The number of nitrogens with one attached hydrogen (secondary N) is 1. The van der Waals surface area contributed by atoms with E-state index >= 15 is 0 Å². The normalized spacial score (nSPS) is 17.9. The molecule has 0 aromatic heterocycles. The first-order valence-electron chi connectivity index (χ1n) is 9.50. The molecule has 1 fully saturated rings. The van der Waals surface area contributed by atoms with Crippen LogP contribution in [0, 0.1) is 0 Å². The van der Waals surface area contributed by atoms with Crippen LogP contribution in [-0.2, 0) is 4.79 Å². The average molecular weight is 365 g/mol. The topological polar surface area (TPSA) is 60.6 Å². The highest BCUT2D eigenvalue weighted by molar-refractivity contribution is 6.02. The molecule has 2 heterocycles. The van der Waals surface area contributed by atoms with Crippen molar-refractivity contribution in [1.29, 1.82) is 0 Å². The lowest BCUT2D eigenvalue weighted by Gasteiger charge is -2.33. The Bertz CT molecular complexity index is 829. The molecule has 0 spiro atoms. The number of hydrogen-bond acceptors (Lipinski definition) is 4. The van der Waals surface area contributed by atoms with Crippen LogP contribution in [0.1, 0.15) is 12.0 Å². The third-order valence-corrected chi connectivity index (χ3v) is 5.29. The molecule has 1 saturated heterocycles. The van der Waals surface area contributed by atoms with Crippen molar-refractivity contribution in [2.24, 2.45) is 5.10 Å². The van der Waals surface area contributed by atoms with Crippen LogP contribution in [0.3, 0.4) is 0 Å². The molecule has 2 aromatic rings. The first-order valence-corrected chi connectivity index (χ1v) is 9.50. The van der Waals surface area contributed by atoms with Crippen molar-refractivity contribution >= 4 is 17.3 Å². The van der Waals surface area contributed by atoms with Gasteiger partial charge in [0.05, 0.1) is 44.1 Å². The molecular formula is C21H25N4O2+. The van der Waals surface area contributed by atoms with Crippen molar-refractivity contribution in [3.63, 3.8) is 0 Å². The van der Waals surface area contributed by atoms with Gasteiger partial charge in [-0.15, -0.1) is 0 Å². The number of carbonyl (C=O) groups excluding carboxylic acids is 1. The fraction of sp³-hybridized carbons (Fsp3) is 0.333. The van der Waals surface area contributed by atoms with Gasteiger partial charge in [-0.3, -0.25) is 4.79 Å². The zero-order chi connectivity index (χ0) is 18.6. The van der Waals surface area contributed by atoms with E-state index in [1.165, 1.54) is 4.90 Å².